The summed E-state index contributed by atoms with van der Waals surface area (Å²) in [6.45, 7) is 1.83. The molecule has 4 rings (SSSR count). The van der Waals surface area contributed by atoms with Gasteiger partial charge in [-0.1, -0.05) is 29.8 Å². The van der Waals surface area contributed by atoms with Crippen molar-refractivity contribution in [2.45, 2.75) is 32.6 Å². The third-order valence-corrected chi connectivity index (χ3v) is 6.18. The molecule has 0 heterocycles. The zero-order valence-corrected chi connectivity index (χ0v) is 13.7. The molecule has 0 radical (unpaired) electrons. The lowest BCUT2D eigenvalue weighted by Gasteiger charge is -2.45. The van der Waals surface area contributed by atoms with E-state index < -0.39 is 5.91 Å². The van der Waals surface area contributed by atoms with Crippen LogP contribution in [0.3, 0.4) is 0 Å². The van der Waals surface area contributed by atoms with Crippen molar-refractivity contribution in [3.63, 3.8) is 0 Å². The minimum Gasteiger partial charge on any atom is -0.365 e. The fourth-order valence-electron chi connectivity index (χ4n) is 5.11. The fourth-order valence-corrected chi connectivity index (χ4v) is 5.11. The first-order chi connectivity index (χ1) is 11.5. The van der Waals surface area contributed by atoms with Crippen LogP contribution < -0.4 is 5.73 Å². The molecule has 1 fully saturated rings. The molecule has 1 amide bonds. The van der Waals surface area contributed by atoms with Crippen molar-refractivity contribution >= 4 is 17.5 Å². The molecule has 0 aromatic heterocycles. The first kappa shape index (κ1) is 15.3. The fraction of sp³-hybridized carbons (Fsp3) is 0.450. The summed E-state index contributed by atoms with van der Waals surface area (Å²) >= 11 is 0. The third-order valence-electron chi connectivity index (χ3n) is 6.18. The number of Topliss-reactive ketones (excluding diaryl/α,β-unsaturated/α-hetero) is 2. The van der Waals surface area contributed by atoms with Crippen LogP contribution in [0.2, 0.25) is 0 Å². The molecule has 4 atom stereocenters. The first-order valence-electron chi connectivity index (χ1n) is 8.63. The molecule has 1 aromatic carbocycles. The van der Waals surface area contributed by atoms with Crippen molar-refractivity contribution in [2.75, 3.05) is 0 Å². The van der Waals surface area contributed by atoms with Crippen molar-refractivity contribution < 1.29 is 14.4 Å². The summed E-state index contributed by atoms with van der Waals surface area (Å²) in [6, 6.07) is 7.81. The average molecular weight is 323 g/mol. The number of hydrogen-bond acceptors (Lipinski definition) is 3. The minimum atomic E-state index is -0.626. The lowest BCUT2D eigenvalue weighted by atomic mass is 9.58. The Hall–Kier alpha value is -2.23. The van der Waals surface area contributed by atoms with E-state index in [1.807, 2.05) is 31.2 Å². The van der Waals surface area contributed by atoms with E-state index in [2.05, 4.69) is 0 Å². The van der Waals surface area contributed by atoms with Gasteiger partial charge in [0.2, 0.25) is 0 Å². The van der Waals surface area contributed by atoms with Crippen LogP contribution in [0, 0.1) is 23.7 Å². The summed E-state index contributed by atoms with van der Waals surface area (Å²) in [7, 11) is 0. The number of amides is 1. The summed E-state index contributed by atoms with van der Waals surface area (Å²) in [5.41, 5.74) is 8.34. The van der Waals surface area contributed by atoms with E-state index >= 15 is 0 Å². The molecule has 2 N–H and O–H groups in total. The zero-order chi connectivity index (χ0) is 17.0. The molecule has 4 nitrogen and oxygen atoms in total. The summed E-state index contributed by atoms with van der Waals surface area (Å²) in [5.74, 6) is -0.381. The van der Waals surface area contributed by atoms with Gasteiger partial charge in [0.05, 0.1) is 5.57 Å². The highest BCUT2D eigenvalue weighted by atomic mass is 16.2. The van der Waals surface area contributed by atoms with Gasteiger partial charge in [0.15, 0.2) is 11.6 Å². The Bertz CT molecular complexity index is 792. The van der Waals surface area contributed by atoms with Crippen molar-refractivity contribution in [1.82, 2.24) is 0 Å². The molecule has 1 saturated carbocycles. The van der Waals surface area contributed by atoms with Crippen LogP contribution in [0.5, 0.6) is 0 Å². The van der Waals surface area contributed by atoms with E-state index in [0.29, 0.717) is 12.3 Å². The molecule has 0 saturated heterocycles. The van der Waals surface area contributed by atoms with Crippen LogP contribution in [-0.2, 0) is 16.0 Å². The lowest BCUT2D eigenvalue weighted by Crippen LogP contribution is -2.46. The summed E-state index contributed by atoms with van der Waals surface area (Å²) < 4.78 is 0. The number of rotatable bonds is 1. The van der Waals surface area contributed by atoms with Gasteiger partial charge in [0, 0.05) is 17.4 Å². The van der Waals surface area contributed by atoms with Crippen LogP contribution in [0.1, 0.15) is 42.1 Å². The summed E-state index contributed by atoms with van der Waals surface area (Å²) in [5, 5.41) is 0. The highest BCUT2D eigenvalue weighted by Crippen LogP contribution is 2.49. The number of carbonyl (C=O) groups excluding carboxylic acids is 3. The van der Waals surface area contributed by atoms with Crippen LogP contribution in [0.4, 0.5) is 0 Å². The second kappa shape index (κ2) is 5.40. The molecule has 124 valence electrons. The molecular formula is C20H21NO3. The molecule has 0 bridgehead atoms. The van der Waals surface area contributed by atoms with Gasteiger partial charge in [0.1, 0.15) is 0 Å². The van der Waals surface area contributed by atoms with Gasteiger partial charge in [-0.3, -0.25) is 14.4 Å². The second-order valence-electron chi connectivity index (χ2n) is 7.52. The molecule has 0 spiro atoms. The Morgan fingerprint density at radius 3 is 2.42 bits per heavy atom. The topological polar surface area (TPSA) is 77.2 Å². The van der Waals surface area contributed by atoms with Crippen molar-refractivity contribution in [2.24, 2.45) is 29.4 Å². The largest absolute Gasteiger partial charge is 0.365 e. The number of hydrogen-bond donors (Lipinski definition) is 1. The van der Waals surface area contributed by atoms with Crippen molar-refractivity contribution in [1.29, 1.82) is 0 Å². The summed E-state index contributed by atoms with van der Waals surface area (Å²) in [4.78, 5) is 37.3. The highest BCUT2D eigenvalue weighted by molar-refractivity contribution is 6.20. The number of benzene rings is 1. The minimum absolute atomic E-state index is 0.0994. The van der Waals surface area contributed by atoms with E-state index in [-0.39, 0.29) is 34.9 Å². The molecule has 4 unspecified atom stereocenters. The van der Waals surface area contributed by atoms with Gasteiger partial charge in [-0.05, 0) is 50.0 Å². The number of nitrogens with two attached hydrogens (primary N) is 1. The van der Waals surface area contributed by atoms with E-state index in [0.717, 1.165) is 36.0 Å². The lowest BCUT2D eigenvalue weighted by molar-refractivity contribution is -0.127. The van der Waals surface area contributed by atoms with Gasteiger partial charge < -0.3 is 5.73 Å². The summed E-state index contributed by atoms with van der Waals surface area (Å²) in [6.07, 6.45) is 3.10. The molecule has 4 heteroatoms. The average Bonchev–Trinajstić information content (AvgIpc) is 2.53. The predicted octanol–water partition coefficient (Wildman–Crippen LogP) is 2.46. The molecule has 1 aromatic rings. The third kappa shape index (κ3) is 2.16. The Kier molecular flexibility index (Phi) is 3.44. The second-order valence-corrected chi connectivity index (χ2v) is 7.52. The molecule has 24 heavy (non-hydrogen) atoms. The number of allylic oxidation sites excluding steroid dienone is 1. The Morgan fingerprint density at radius 1 is 1.00 bits per heavy atom. The van der Waals surface area contributed by atoms with Crippen LogP contribution in [0.25, 0.3) is 0 Å². The van der Waals surface area contributed by atoms with Crippen LogP contribution in [-0.4, -0.2) is 17.5 Å². The highest BCUT2D eigenvalue weighted by Gasteiger charge is 2.48. The number of fused-ring (bicyclic) bond motifs is 3. The Morgan fingerprint density at radius 2 is 1.67 bits per heavy atom. The number of primary amides is 1. The zero-order valence-electron chi connectivity index (χ0n) is 13.7. The van der Waals surface area contributed by atoms with E-state index in [1.54, 1.807) is 0 Å². The first-order valence-corrected chi connectivity index (χ1v) is 8.63. The van der Waals surface area contributed by atoms with Crippen LogP contribution in [0.15, 0.2) is 35.4 Å². The Balaban J connectivity index is 1.68. The molecular weight excluding hydrogens is 302 g/mol. The van der Waals surface area contributed by atoms with Gasteiger partial charge in [-0.15, -0.1) is 0 Å². The normalized spacial score (nSPS) is 32.0. The Labute approximate surface area is 141 Å². The van der Waals surface area contributed by atoms with Gasteiger partial charge in [0.25, 0.3) is 5.91 Å². The molecule has 0 aliphatic heterocycles. The smallest absolute Gasteiger partial charge is 0.252 e. The number of carbonyl (C=O) groups is 3. The predicted molar refractivity (Wildman–Crippen MR) is 89.2 cm³/mol. The molecule has 3 aliphatic carbocycles. The monoisotopic (exact) mass is 323 g/mol. The van der Waals surface area contributed by atoms with E-state index in [9.17, 15) is 14.4 Å². The number of ketones is 2. The van der Waals surface area contributed by atoms with Crippen LogP contribution >= 0.6 is 0 Å². The SMILES string of the molecule is CC1=C(C(N)=O)C(=O)C2CC3C(=O)c4ccccc4CC3CC2C1. The maximum atomic E-state index is 12.9. The maximum Gasteiger partial charge on any atom is 0.252 e. The van der Waals surface area contributed by atoms with E-state index in [4.69, 9.17) is 5.73 Å². The molecule has 3 aliphatic rings. The quantitative estimate of drug-likeness (QED) is 0.807. The van der Waals surface area contributed by atoms with Gasteiger partial charge >= 0.3 is 0 Å². The standard InChI is InChI=1S/C20H21NO3/c1-10-6-12-8-13-7-11-4-2-3-5-14(11)18(22)15(13)9-16(12)19(23)17(10)20(21)24/h2-5,12-13,15-16H,6-9H2,1H3,(H2,21,24). The van der Waals surface area contributed by atoms with Gasteiger partial charge in [-0.2, -0.15) is 0 Å². The van der Waals surface area contributed by atoms with E-state index in [1.165, 1.54) is 0 Å². The van der Waals surface area contributed by atoms with Crippen molar-refractivity contribution in [3.8, 4) is 0 Å². The van der Waals surface area contributed by atoms with Crippen molar-refractivity contribution in [3.05, 3.63) is 46.5 Å². The maximum absolute atomic E-state index is 12.9. The van der Waals surface area contributed by atoms with Gasteiger partial charge in [-0.25, -0.2) is 0 Å².